The third-order valence-electron chi connectivity index (χ3n) is 5.47. The summed E-state index contributed by atoms with van der Waals surface area (Å²) in [4.78, 5) is 9.42. The number of nitrogens with zero attached hydrogens (tertiary/aromatic N) is 4. The van der Waals surface area contributed by atoms with Gasteiger partial charge in [0.25, 0.3) is 0 Å². The second kappa shape index (κ2) is 11.1. The van der Waals surface area contributed by atoms with Crippen LogP contribution in [-0.2, 0) is 16.4 Å². The fraction of sp³-hybridized carbons (Fsp3) is 0.148. The van der Waals surface area contributed by atoms with Gasteiger partial charge in [-0.2, -0.15) is 10.2 Å². The Hall–Kier alpha value is -4.82. The number of ether oxygens (including phenoxy) is 3. The zero-order valence-electron chi connectivity index (χ0n) is 21.0. The van der Waals surface area contributed by atoms with Gasteiger partial charge in [-0.25, -0.2) is 13.4 Å². The van der Waals surface area contributed by atoms with Crippen LogP contribution in [0.3, 0.4) is 0 Å². The average molecular weight is 532 g/mol. The van der Waals surface area contributed by atoms with E-state index in [1.165, 1.54) is 32.4 Å². The highest BCUT2D eigenvalue weighted by Crippen LogP contribution is 2.43. The van der Waals surface area contributed by atoms with Crippen LogP contribution in [0.25, 0.3) is 17.1 Å². The fourth-order valence-electron chi connectivity index (χ4n) is 3.73. The maximum Gasteiger partial charge on any atom is 0.249 e. The van der Waals surface area contributed by atoms with Crippen molar-refractivity contribution in [2.75, 3.05) is 25.8 Å². The van der Waals surface area contributed by atoms with Crippen LogP contribution in [0, 0.1) is 11.3 Å². The maximum absolute atomic E-state index is 11.8. The van der Waals surface area contributed by atoms with Crippen molar-refractivity contribution in [1.82, 2.24) is 14.5 Å². The van der Waals surface area contributed by atoms with Crippen LogP contribution in [0.4, 0.5) is 11.6 Å². The molecule has 0 radical (unpaired) electrons. The van der Waals surface area contributed by atoms with Gasteiger partial charge in [0.1, 0.15) is 5.52 Å². The first-order chi connectivity index (χ1) is 18.3. The van der Waals surface area contributed by atoms with Crippen LogP contribution in [0.15, 0.2) is 72.3 Å². The van der Waals surface area contributed by atoms with Crippen LogP contribution < -0.4 is 19.5 Å². The Labute approximate surface area is 220 Å². The lowest BCUT2D eigenvalue weighted by atomic mass is 10.1. The molecular weight excluding hydrogens is 506 g/mol. The first kappa shape index (κ1) is 26.2. The van der Waals surface area contributed by atoms with Gasteiger partial charge in [-0.3, -0.25) is 0 Å². The lowest BCUT2D eigenvalue weighted by molar-refractivity contribution is 0.343. The molecule has 10 nitrogen and oxygen atoms in total. The molecule has 38 heavy (non-hydrogen) atoms. The number of fused-ring (bicyclic) bond motifs is 1. The minimum Gasteiger partial charge on any atom is -0.493 e. The first-order valence-electron chi connectivity index (χ1n) is 11.3. The minimum atomic E-state index is -3.32. The van der Waals surface area contributed by atoms with E-state index in [1.807, 2.05) is 22.9 Å². The number of anilines is 2. The average Bonchev–Trinajstić information content (AvgIpc) is 3.30. The summed E-state index contributed by atoms with van der Waals surface area (Å²) in [6, 6.07) is 13.5. The van der Waals surface area contributed by atoms with Crippen molar-refractivity contribution in [2.24, 2.45) is 0 Å². The molecule has 0 saturated carbocycles. The zero-order valence-corrected chi connectivity index (χ0v) is 21.8. The second-order valence-electron chi connectivity index (χ2n) is 8.08. The summed E-state index contributed by atoms with van der Waals surface area (Å²) in [5.41, 5.74) is 2.52. The van der Waals surface area contributed by atoms with E-state index in [0.717, 1.165) is 6.26 Å². The molecule has 2 heterocycles. The normalized spacial score (nSPS) is 11.3. The Morgan fingerprint density at radius 2 is 1.79 bits per heavy atom. The van der Waals surface area contributed by atoms with Crippen molar-refractivity contribution in [3.8, 4) is 29.2 Å². The Balaban J connectivity index is 1.80. The number of allylic oxidation sites excluding steroid dienone is 2. The molecule has 0 spiro atoms. The lowest BCUT2D eigenvalue weighted by Crippen LogP contribution is -2.04. The van der Waals surface area contributed by atoms with Crippen molar-refractivity contribution in [2.45, 2.75) is 11.4 Å². The van der Waals surface area contributed by atoms with E-state index in [0.29, 0.717) is 46.1 Å². The van der Waals surface area contributed by atoms with Crippen molar-refractivity contribution in [1.29, 1.82) is 5.26 Å². The van der Waals surface area contributed by atoms with Gasteiger partial charge in [0.2, 0.25) is 17.6 Å². The van der Waals surface area contributed by atoms with Crippen LogP contribution >= 0.6 is 0 Å². The summed E-state index contributed by atoms with van der Waals surface area (Å²) in [6.45, 7) is 4.31. The van der Waals surface area contributed by atoms with Gasteiger partial charge >= 0.3 is 0 Å². The van der Waals surface area contributed by atoms with Crippen LogP contribution in [0.2, 0.25) is 0 Å². The minimum absolute atomic E-state index is 0.206. The van der Waals surface area contributed by atoms with Gasteiger partial charge in [0, 0.05) is 30.8 Å². The Morgan fingerprint density at radius 1 is 1.11 bits per heavy atom. The van der Waals surface area contributed by atoms with Crippen LogP contribution in [0.5, 0.6) is 23.1 Å². The highest BCUT2D eigenvalue weighted by Gasteiger charge is 2.20. The number of rotatable bonds is 10. The Kier molecular flexibility index (Phi) is 7.64. The van der Waals surface area contributed by atoms with Gasteiger partial charge < -0.3 is 24.1 Å². The highest BCUT2D eigenvalue weighted by molar-refractivity contribution is 7.90. The number of hydrogen-bond acceptors (Lipinski definition) is 9. The molecule has 0 atom stereocenters. The zero-order chi connectivity index (χ0) is 27.3. The molecule has 4 rings (SSSR count). The predicted octanol–water partition coefficient (Wildman–Crippen LogP) is 5.11. The monoisotopic (exact) mass is 531 g/mol. The first-order valence-corrected chi connectivity index (χ1v) is 13.2. The molecular formula is C27H25N5O5S. The molecule has 0 aliphatic heterocycles. The quantitative estimate of drug-likeness (QED) is 0.219. The van der Waals surface area contributed by atoms with Crippen molar-refractivity contribution in [3.05, 3.63) is 73.0 Å². The summed E-state index contributed by atoms with van der Waals surface area (Å²) < 4.78 is 42.9. The molecule has 2 aromatic carbocycles. The van der Waals surface area contributed by atoms with E-state index in [4.69, 9.17) is 19.5 Å². The summed E-state index contributed by atoms with van der Waals surface area (Å²) in [6.07, 6.45) is 7.73. The molecule has 1 N–H and O–H groups in total. The third-order valence-corrected chi connectivity index (χ3v) is 6.60. The van der Waals surface area contributed by atoms with Gasteiger partial charge in [-0.05, 0) is 54.1 Å². The highest BCUT2D eigenvalue weighted by atomic mass is 32.2. The topological polar surface area (TPSA) is 128 Å². The summed E-state index contributed by atoms with van der Waals surface area (Å²) in [5.74, 6) is 1.51. The second-order valence-corrected chi connectivity index (χ2v) is 10.1. The summed E-state index contributed by atoms with van der Waals surface area (Å²) in [7, 11) is -0.316. The molecule has 4 aromatic rings. The van der Waals surface area contributed by atoms with Gasteiger partial charge in [-0.15, -0.1) is 6.58 Å². The number of sulfone groups is 1. The number of methoxy groups -OCH3 is 2. The molecule has 0 unspecified atom stereocenters. The SMILES string of the molecule is C=CCn1ccc2nc(Nc3ccc(S(C)(=O)=O)cc3)nc(Oc3c(OC)cc(/C=C/C#N)cc3OC)c21. The van der Waals surface area contributed by atoms with Crippen LogP contribution in [-0.4, -0.2) is 43.4 Å². The standard InChI is InChI=1S/C27H25N5O5S/c1-5-14-32-15-12-21-24(32)26(31-27(30-21)29-19-8-10-20(11-9-19)38(4,33)34)37-25-22(35-2)16-18(7-6-13-28)17-23(25)36-3/h5-12,15-17H,1,14H2,2-4H3,(H,29,30,31)/b7-6+. The smallest absolute Gasteiger partial charge is 0.249 e. The fourth-order valence-corrected chi connectivity index (χ4v) is 4.36. The molecule has 0 amide bonds. The number of aromatic nitrogens is 3. The summed E-state index contributed by atoms with van der Waals surface area (Å²) in [5, 5.41) is 12.0. The van der Waals surface area contributed by atoms with Gasteiger partial charge in [0.15, 0.2) is 21.3 Å². The predicted molar refractivity (Wildman–Crippen MR) is 145 cm³/mol. The van der Waals surface area contributed by atoms with Crippen molar-refractivity contribution >= 4 is 38.6 Å². The molecule has 0 aliphatic rings. The largest absolute Gasteiger partial charge is 0.493 e. The third kappa shape index (κ3) is 5.61. The molecule has 0 aliphatic carbocycles. The molecule has 2 aromatic heterocycles. The van der Waals surface area contributed by atoms with Crippen LogP contribution in [0.1, 0.15) is 5.56 Å². The van der Waals surface area contributed by atoms with E-state index in [2.05, 4.69) is 21.9 Å². The van der Waals surface area contributed by atoms with E-state index in [-0.39, 0.29) is 16.7 Å². The Morgan fingerprint density at radius 3 is 2.37 bits per heavy atom. The number of hydrogen-bond donors (Lipinski definition) is 1. The van der Waals surface area contributed by atoms with E-state index in [1.54, 1.807) is 36.4 Å². The number of nitriles is 1. The lowest BCUT2D eigenvalue weighted by Gasteiger charge is -2.16. The van der Waals surface area contributed by atoms with Crippen molar-refractivity contribution < 1.29 is 22.6 Å². The summed E-state index contributed by atoms with van der Waals surface area (Å²) >= 11 is 0. The van der Waals surface area contributed by atoms with E-state index >= 15 is 0 Å². The maximum atomic E-state index is 11.8. The molecule has 0 fully saturated rings. The Bertz CT molecular complexity index is 1640. The molecule has 0 saturated heterocycles. The molecule has 0 bridgehead atoms. The molecule has 11 heteroatoms. The van der Waals surface area contributed by atoms with Gasteiger partial charge in [0.05, 0.1) is 30.7 Å². The van der Waals surface area contributed by atoms with E-state index < -0.39 is 9.84 Å². The molecule has 194 valence electrons. The van der Waals surface area contributed by atoms with Crippen molar-refractivity contribution in [3.63, 3.8) is 0 Å². The number of nitrogens with one attached hydrogen (secondary N) is 1. The van der Waals surface area contributed by atoms with Gasteiger partial charge in [-0.1, -0.05) is 6.08 Å². The van der Waals surface area contributed by atoms with E-state index in [9.17, 15) is 8.42 Å². The number of benzene rings is 2.